The lowest BCUT2D eigenvalue weighted by atomic mass is 9.77. The van der Waals surface area contributed by atoms with Gasteiger partial charge in [0, 0.05) is 34.4 Å². The zero-order chi connectivity index (χ0) is 21.3. The van der Waals surface area contributed by atoms with Crippen LogP contribution < -0.4 is 15.1 Å². The van der Waals surface area contributed by atoms with Crippen molar-refractivity contribution >= 4 is 22.6 Å². The molecule has 2 aromatic heterocycles. The number of benzene rings is 2. The average molecular weight is 435 g/mol. The van der Waals surface area contributed by atoms with Crippen LogP contribution >= 0.6 is 11.6 Å². The van der Waals surface area contributed by atoms with Gasteiger partial charge in [0.1, 0.15) is 11.3 Å². The van der Waals surface area contributed by atoms with E-state index >= 15 is 0 Å². The summed E-state index contributed by atoms with van der Waals surface area (Å²) in [4.78, 5) is 12.2. The number of para-hydroxylation sites is 1. The van der Waals surface area contributed by atoms with Gasteiger partial charge in [-0.1, -0.05) is 23.7 Å². The summed E-state index contributed by atoms with van der Waals surface area (Å²) in [6, 6.07) is 13.0. The second-order valence-electron chi connectivity index (χ2n) is 8.13. The van der Waals surface area contributed by atoms with Crippen LogP contribution in [0, 0.1) is 19.8 Å². The zero-order valence-electron chi connectivity index (χ0n) is 17.0. The molecule has 0 saturated carbocycles. The molecular formula is C24H19ClN2O4. The lowest BCUT2D eigenvalue weighted by Crippen LogP contribution is -2.35. The van der Waals surface area contributed by atoms with Gasteiger partial charge in [-0.25, -0.2) is 4.79 Å². The van der Waals surface area contributed by atoms with Gasteiger partial charge in [0.2, 0.25) is 5.88 Å². The molecule has 0 aliphatic carbocycles. The third-order valence-electron chi connectivity index (χ3n) is 6.24. The summed E-state index contributed by atoms with van der Waals surface area (Å²) < 4.78 is 19.8. The van der Waals surface area contributed by atoms with Crippen LogP contribution in [0.25, 0.3) is 16.7 Å². The van der Waals surface area contributed by atoms with E-state index in [-0.39, 0.29) is 17.5 Å². The highest BCUT2D eigenvalue weighted by Gasteiger charge is 2.43. The Morgan fingerprint density at radius 3 is 2.71 bits per heavy atom. The standard InChI is InChI=1S/C24H19ClN2O4/c1-12-9-19(28)31-23-15(12)7-8-18-22(23)21-14(10-29-18)11-30-24-20(21)13(2)26-27(24)17-6-4-3-5-16(17)25/h3-9,14,21H,10-11H2,1-2H3/t14-,21-/m0/s1. The minimum Gasteiger partial charge on any atom is -0.493 e. The molecule has 0 unspecified atom stereocenters. The summed E-state index contributed by atoms with van der Waals surface area (Å²) in [5.74, 6) is 1.43. The van der Waals surface area contributed by atoms with Crippen molar-refractivity contribution in [3.8, 4) is 17.3 Å². The predicted molar refractivity (Wildman–Crippen MR) is 117 cm³/mol. The number of halogens is 1. The van der Waals surface area contributed by atoms with Crippen LogP contribution in [0.5, 0.6) is 11.6 Å². The molecule has 7 heteroatoms. The predicted octanol–water partition coefficient (Wildman–Crippen LogP) is 4.78. The SMILES string of the molecule is Cc1nn(-c2ccccc2Cl)c2c1[C@H]1c3c(ccc4c(C)cc(=O)oc34)OC[C@H]1CO2. The molecule has 2 atom stereocenters. The third-order valence-corrected chi connectivity index (χ3v) is 6.56. The van der Waals surface area contributed by atoms with Crippen LogP contribution in [0.4, 0.5) is 0 Å². The van der Waals surface area contributed by atoms with Gasteiger partial charge in [-0.15, -0.1) is 0 Å². The summed E-state index contributed by atoms with van der Waals surface area (Å²) in [5, 5.41) is 6.28. The maximum Gasteiger partial charge on any atom is 0.336 e. The number of hydrogen-bond acceptors (Lipinski definition) is 5. The van der Waals surface area contributed by atoms with Crippen molar-refractivity contribution in [3.05, 3.63) is 80.3 Å². The van der Waals surface area contributed by atoms with Gasteiger partial charge in [-0.3, -0.25) is 0 Å². The van der Waals surface area contributed by atoms with E-state index < -0.39 is 0 Å². The van der Waals surface area contributed by atoms with E-state index in [2.05, 4.69) is 0 Å². The molecule has 156 valence electrons. The fourth-order valence-electron chi connectivity index (χ4n) is 4.85. The molecule has 2 aliphatic rings. The normalized spacial score (nSPS) is 19.2. The summed E-state index contributed by atoms with van der Waals surface area (Å²) >= 11 is 6.46. The van der Waals surface area contributed by atoms with Crippen molar-refractivity contribution in [1.82, 2.24) is 9.78 Å². The second kappa shape index (κ2) is 6.62. The van der Waals surface area contributed by atoms with Crippen molar-refractivity contribution in [2.45, 2.75) is 19.8 Å². The molecule has 6 rings (SSSR count). The Hall–Kier alpha value is -3.25. The van der Waals surface area contributed by atoms with Crippen LogP contribution in [0.1, 0.15) is 28.3 Å². The van der Waals surface area contributed by atoms with Crippen LogP contribution in [0.2, 0.25) is 5.02 Å². The molecule has 31 heavy (non-hydrogen) atoms. The van der Waals surface area contributed by atoms with Gasteiger partial charge in [0.15, 0.2) is 0 Å². The fourth-order valence-corrected chi connectivity index (χ4v) is 5.06. The highest BCUT2D eigenvalue weighted by molar-refractivity contribution is 6.32. The van der Waals surface area contributed by atoms with Gasteiger partial charge in [0.25, 0.3) is 0 Å². The molecule has 0 saturated heterocycles. The number of rotatable bonds is 1. The molecule has 0 bridgehead atoms. The van der Waals surface area contributed by atoms with Crippen molar-refractivity contribution in [2.75, 3.05) is 13.2 Å². The van der Waals surface area contributed by atoms with Crippen LogP contribution in [-0.2, 0) is 0 Å². The molecule has 0 fully saturated rings. The average Bonchev–Trinajstić information content (AvgIpc) is 3.09. The molecule has 0 spiro atoms. The van der Waals surface area contributed by atoms with Crippen LogP contribution in [0.15, 0.2) is 51.7 Å². The molecule has 6 nitrogen and oxygen atoms in total. The smallest absolute Gasteiger partial charge is 0.336 e. The first kappa shape index (κ1) is 18.5. The maximum atomic E-state index is 12.2. The van der Waals surface area contributed by atoms with E-state index in [0.29, 0.717) is 29.7 Å². The molecule has 2 aliphatic heterocycles. The largest absolute Gasteiger partial charge is 0.493 e. The number of fused-ring (bicyclic) bond motifs is 7. The minimum atomic E-state index is -0.365. The summed E-state index contributed by atoms with van der Waals surface area (Å²) in [6.07, 6.45) is 0. The molecule has 0 N–H and O–H groups in total. The quantitative estimate of drug-likeness (QED) is 0.403. The minimum absolute atomic E-state index is 0.0580. The number of hydrogen-bond donors (Lipinski definition) is 0. The molecule has 4 aromatic rings. The topological polar surface area (TPSA) is 66.5 Å². The third kappa shape index (κ3) is 2.64. The summed E-state index contributed by atoms with van der Waals surface area (Å²) in [6.45, 7) is 4.89. The Balaban J connectivity index is 1.64. The number of nitrogens with zero attached hydrogens (tertiary/aromatic N) is 2. The first-order chi connectivity index (χ1) is 15.0. The number of aromatic nitrogens is 2. The Morgan fingerprint density at radius 1 is 1.06 bits per heavy atom. The van der Waals surface area contributed by atoms with Gasteiger partial charge in [-0.2, -0.15) is 9.78 Å². The van der Waals surface area contributed by atoms with E-state index in [0.717, 1.165) is 39.2 Å². The molecule has 4 heterocycles. The highest BCUT2D eigenvalue weighted by Crippen LogP contribution is 2.51. The van der Waals surface area contributed by atoms with Gasteiger partial charge >= 0.3 is 5.63 Å². The van der Waals surface area contributed by atoms with Crippen molar-refractivity contribution in [2.24, 2.45) is 5.92 Å². The maximum absolute atomic E-state index is 12.2. The first-order valence-electron chi connectivity index (χ1n) is 10.2. The van der Waals surface area contributed by atoms with E-state index in [1.54, 1.807) is 4.68 Å². The Kier molecular flexibility index (Phi) is 3.96. The molecule has 0 radical (unpaired) electrons. The Labute approximate surface area is 183 Å². The summed E-state index contributed by atoms with van der Waals surface area (Å²) in [5.41, 5.74) is 4.58. The van der Waals surface area contributed by atoms with E-state index in [1.807, 2.05) is 50.2 Å². The monoisotopic (exact) mass is 434 g/mol. The van der Waals surface area contributed by atoms with E-state index in [4.69, 9.17) is 30.6 Å². The lowest BCUT2D eigenvalue weighted by Gasteiger charge is -2.37. The zero-order valence-corrected chi connectivity index (χ0v) is 17.8. The van der Waals surface area contributed by atoms with E-state index in [1.165, 1.54) is 6.07 Å². The van der Waals surface area contributed by atoms with Crippen molar-refractivity contribution in [1.29, 1.82) is 0 Å². The summed E-state index contributed by atoms with van der Waals surface area (Å²) in [7, 11) is 0. The van der Waals surface area contributed by atoms with E-state index in [9.17, 15) is 4.79 Å². The molecule has 2 aromatic carbocycles. The van der Waals surface area contributed by atoms with Gasteiger partial charge in [0.05, 0.1) is 29.6 Å². The fraction of sp³-hybridized carbons (Fsp3) is 0.250. The second-order valence-corrected chi connectivity index (χ2v) is 8.54. The number of aryl methyl sites for hydroxylation is 2. The van der Waals surface area contributed by atoms with Gasteiger partial charge in [-0.05, 0) is 43.7 Å². The first-order valence-corrected chi connectivity index (χ1v) is 10.6. The molecular weight excluding hydrogens is 416 g/mol. The lowest BCUT2D eigenvalue weighted by molar-refractivity contribution is 0.121. The van der Waals surface area contributed by atoms with Crippen LogP contribution in [-0.4, -0.2) is 23.0 Å². The Bertz CT molecular complexity index is 1420. The molecule has 0 amide bonds. The number of ether oxygens (including phenoxy) is 2. The van der Waals surface area contributed by atoms with Gasteiger partial charge < -0.3 is 13.9 Å². The van der Waals surface area contributed by atoms with Crippen molar-refractivity contribution in [3.63, 3.8) is 0 Å². The van der Waals surface area contributed by atoms with Crippen LogP contribution in [0.3, 0.4) is 0 Å². The van der Waals surface area contributed by atoms with Crippen molar-refractivity contribution < 1.29 is 13.9 Å². The highest BCUT2D eigenvalue weighted by atomic mass is 35.5. The Morgan fingerprint density at radius 2 is 1.87 bits per heavy atom.